The fourth-order valence-electron chi connectivity index (χ4n) is 6.33. The zero-order valence-electron chi connectivity index (χ0n) is 20.8. The average Bonchev–Trinajstić information content (AvgIpc) is 3.11. The number of phenols is 1. The number of fused-ring (bicyclic) bond motifs is 3. The SMILES string of the molecule is CCCN1C(=O)[C@H]2[C@H](CC=C3[C@H](c4cc(OC)c(O)c(OC)c4)C4=C(C[C@H]32)C(=O)C=C(C)C4=O)C1=O. The van der Waals surface area contributed by atoms with E-state index in [1.54, 1.807) is 19.1 Å². The number of allylic oxidation sites excluding steroid dienone is 6. The van der Waals surface area contributed by atoms with Crippen molar-refractivity contribution in [2.75, 3.05) is 20.8 Å². The standard InChI is InChI=1S/C28H29NO7/c1-5-8-29-27(33)16-7-6-15-17(23(16)28(29)34)12-18-19(30)9-13(2)25(31)24(18)22(15)14-10-20(35-3)26(32)21(11-14)36-4/h6,9-11,16-17,22-23,32H,5,7-8,12H2,1-4H3/t16-,17+,22-,23-/m0/s1. The number of Topliss-reactive ketones (excluding diaryl/α,β-unsaturated/α-hetero) is 1. The second kappa shape index (κ2) is 8.76. The summed E-state index contributed by atoms with van der Waals surface area (Å²) in [4.78, 5) is 54.6. The number of amides is 2. The van der Waals surface area contributed by atoms with E-state index in [-0.39, 0.29) is 53.0 Å². The fourth-order valence-corrected chi connectivity index (χ4v) is 6.33. The zero-order valence-corrected chi connectivity index (χ0v) is 20.8. The van der Waals surface area contributed by atoms with Crippen molar-refractivity contribution in [2.24, 2.45) is 17.8 Å². The highest BCUT2D eigenvalue weighted by atomic mass is 16.5. The number of carbonyl (C=O) groups is 4. The van der Waals surface area contributed by atoms with E-state index in [4.69, 9.17) is 9.47 Å². The van der Waals surface area contributed by atoms with Gasteiger partial charge in [-0.25, -0.2) is 0 Å². The Labute approximate surface area is 209 Å². The highest BCUT2D eigenvalue weighted by molar-refractivity contribution is 6.23. The van der Waals surface area contributed by atoms with Gasteiger partial charge in [0, 0.05) is 29.2 Å². The average molecular weight is 492 g/mol. The molecule has 1 aliphatic heterocycles. The van der Waals surface area contributed by atoms with E-state index >= 15 is 0 Å². The van der Waals surface area contributed by atoms with Crippen molar-refractivity contribution in [1.29, 1.82) is 0 Å². The lowest BCUT2D eigenvalue weighted by atomic mass is 9.59. The first-order valence-electron chi connectivity index (χ1n) is 12.2. The highest BCUT2D eigenvalue weighted by Crippen LogP contribution is 2.56. The van der Waals surface area contributed by atoms with Gasteiger partial charge in [-0.05, 0) is 55.9 Å². The molecule has 188 valence electrons. The van der Waals surface area contributed by atoms with Crippen molar-refractivity contribution in [3.05, 3.63) is 52.1 Å². The molecule has 1 aromatic carbocycles. The van der Waals surface area contributed by atoms with Crippen LogP contribution in [-0.2, 0) is 19.2 Å². The lowest BCUT2D eigenvalue weighted by Gasteiger charge is -2.42. The summed E-state index contributed by atoms with van der Waals surface area (Å²) in [6, 6.07) is 3.28. The smallest absolute Gasteiger partial charge is 0.233 e. The van der Waals surface area contributed by atoms with E-state index in [2.05, 4.69) is 0 Å². The fraction of sp³-hybridized carbons (Fsp3) is 0.429. The van der Waals surface area contributed by atoms with Crippen LogP contribution >= 0.6 is 0 Å². The Kier molecular flexibility index (Phi) is 5.85. The molecule has 0 saturated carbocycles. The van der Waals surface area contributed by atoms with Crippen LogP contribution in [0, 0.1) is 17.8 Å². The molecule has 0 radical (unpaired) electrons. The third-order valence-electron chi connectivity index (χ3n) is 7.94. The van der Waals surface area contributed by atoms with Crippen LogP contribution in [0.25, 0.3) is 0 Å². The zero-order chi connectivity index (χ0) is 25.9. The van der Waals surface area contributed by atoms with Crippen molar-refractivity contribution in [3.8, 4) is 17.2 Å². The molecular formula is C28H29NO7. The lowest BCUT2D eigenvalue weighted by molar-refractivity contribution is -0.140. The number of benzene rings is 1. The van der Waals surface area contributed by atoms with E-state index in [1.165, 1.54) is 25.2 Å². The van der Waals surface area contributed by atoms with Crippen molar-refractivity contribution in [2.45, 2.75) is 39.0 Å². The minimum absolute atomic E-state index is 0.159. The van der Waals surface area contributed by atoms with Gasteiger partial charge < -0.3 is 14.6 Å². The second-order valence-corrected chi connectivity index (χ2v) is 9.83. The normalized spacial score (nSPS) is 27.4. The lowest BCUT2D eigenvalue weighted by Crippen LogP contribution is -2.39. The molecule has 0 spiro atoms. The van der Waals surface area contributed by atoms with E-state index in [0.717, 1.165) is 5.57 Å². The van der Waals surface area contributed by atoms with Crippen LogP contribution in [0.1, 0.15) is 44.6 Å². The Morgan fingerprint density at radius 1 is 1.03 bits per heavy atom. The number of nitrogens with zero attached hydrogens (tertiary/aromatic N) is 1. The molecule has 3 aliphatic carbocycles. The van der Waals surface area contributed by atoms with Crippen LogP contribution in [0.4, 0.5) is 0 Å². The number of imide groups is 1. The first kappa shape index (κ1) is 24.0. The first-order valence-corrected chi connectivity index (χ1v) is 12.2. The molecule has 0 bridgehead atoms. The molecule has 1 N–H and O–H groups in total. The van der Waals surface area contributed by atoms with Gasteiger partial charge in [-0.2, -0.15) is 0 Å². The molecule has 0 unspecified atom stereocenters. The van der Waals surface area contributed by atoms with E-state index in [9.17, 15) is 24.3 Å². The molecule has 5 rings (SSSR count). The summed E-state index contributed by atoms with van der Waals surface area (Å²) in [5.41, 5.74) is 2.59. The van der Waals surface area contributed by atoms with Crippen LogP contribution in [0.5, 0.6) is 17.2 Å². The van der Waals surface area contributed by atoms with Gasteiger partial charge in [-0.1, -0.05) is 18.6 Å². The van der Waals surface area contributed by atoms with Gasteiger partial charge in [0.1, 0.15) is 0 Å². The summed E-state index contributed by atoms with van der Waals surface area (Å²) in [5, 5.41) is 10.5. The molecule has 8 nitrogen and oxygen atoms in total. The maximum Gasteiger partial charge on any atom is 0.233 e. The summed E-state index contributed by atoms with van der Waals surface area (Å²) in [6.45, 7) is 3.92. The number of hydrogen-bond donors (Lipinski definition) is 1. The molecule has 1 aromatic rings. The summed E-state index contributed by atoms with van der Waals surface area (Å²) >= 11 is 0. The number of phenolic OH excluding ortho intramolecular Hbond substituents is 1. The number of aromatic hydroxyl groups is 1. The number of carbonyl (C=O) groups excluding carboxylic acids is 4. The first-order chi connectivity index (χ1) is 17.2. The second-order valence-electron chi connectivity index (χ2n) is 9.83. The Morgan fingerprint density at radius 2 is 1.69 bits per heavy atom. The van der Waals surface area contributed by atoms with Crippen LogP contribution in [0.3, 0.4) is 0 Å². The molecule has 1 heterocycles. The summed E-state index contributed by atoms with van der Waals surface area (Å²) in [7, 11) is 2.84. The number of ketones is 2. The molecule has 1 saturated heterocycles. The molecule has 4 atom stereocenters. The monoisotopic (exact) mass is 491 g/mol. The van der Waals surface area contributed by atoms with Gasteiger partial charge in [0.2, 0.25) is 17.6 Å². The van der Waals surface area contributed by atoms with E-state index in [0.29, 0.717) is 41.7 Å². The van der Waals surface area contributed by atoms with Gasteiger partial charge in [0.05, 0.1) is 26.1 Å². The third-order valence-corrected chi connectivity index (χ3v) is 7.94. The van der Waals surface area contributed by atoms with Gasteiger partial charge in [0.25, 0.3) is 0 Å². The number of ether oxygens (including phenoxy) is 2. The molecule has 4 aliphatic rings. The van der Waals surface area contributed by atoms with Crippen LogP contribution in [0.15, 0.2) is 46.6 Å². The molecule has 1 fully saturated rings. The molecule has 8 heteroatoms. The number of methoxy groups -OCH3 is 2. The Bertz CT molecular complexity index is 1280. The molecule has 0 aromatic heterocycles. The summed E-state index contributed by atoms with van der Waals surface area (Å²) < 4.78 is 10.7. The predicted molar refractivity (Wildman–Crippen MR) is 130 cm³/mol. The molecular weight excluding hydrogens is 462 g/mol. The maximum absolute atomic E-state index is 13.5. The quantitative estimate of drug-likeness (QED) is 0.382. The van der Waals surface area contributed by atoms with Crippen molar-refractivity contribution < 1.29 is 33.8 Å². The predicted octanol–water partition coefficient (Wildman–Crippen LogP) is 3.25. The Morgan fingerprint density at radius 3 is 2.31 bits per heavy atom. The summed E-state index contributed by atoms with van der Waals surface area (Å²) in [5.74, 6) is -2.70. The van der Waals surface area contributed by atoms with Crippen LogP contribution < -0.4 is 9.47 Å². The van der Waals surface area contributed by atoms with E-state index in [1.807, 2.05) is 13.0 Å². The Balaban J connectivity index is 1.71. The molecule has 2 amide bonds. The van der Waals surface area contributed by atoms with Gasteiger partial charge in [0.15, 0.2) is 23.1 Å². The minimum Gasteiger partial charge on any atom is -0.502 e. The topological polar surface area (TPSA) is 110 Å². The van der Waals surface area contributed by atoms with Crippen LogP contribution in [-0.4, -0.2) is 54.2 Å². The van der Waals surface area contributed by atoms with Gasteiger partial charge in [-0.15, -0.1) is 0 Å². The number of rotatable bonds is 5. The van der Waals surface area contributed by atoms with Gasteiger partial charge in [-0.3, -0.25) is 24.1 Å². The minimum atomic E-state index is -0.633. The number of likely N-dealkylation sites (tertiary alicyclic amines) is 1. The van der Waals surface area contributed by atoms with Crippen molar-refractivity contribution in [1.82, 2.24) is 4.90 Å². The summed E-state index contributed by atoms with van der Waals surface area (Å²) in [6.07, 6.45) is 4.63. The largest absolute Gasteiger partial charge is 0.502 e. The Hall–Kier alpha value is -3.68. The highest BCUT2D eigenvalue weighted by Gasteiger charge is 2.56. The van der Waals surface area contributed by atoms with Crippen molar-refractivity contribution in [3.63, 3.8) is 0 Å². The van der Waals surface area contributed by atoms with Gasteiger partial charge >= 0.3 is 0 Å². The van der Waals surface area contributed by atoms with Crippen LogP contribution in [0.2, 0.25) is 0 Å². The van der Waals surface area contributed by atoms with Crippen molar-refractivity contribution >= 4 is 23.4 Å². The molecule has 36 heavy (non-hydrogen) atoms. The third kappa shape index (κ3) is 3.34. The number of hydrogen-bond acceptors (Lipinski definition) is 7. The maximum atomic E-state index is 13.5. The van der Waals surface area contributed by atoms with E-state index < -0.39 is 17.8 Å².